The number of hydrogen-bond donors (Lipinski definition) is 1. The summed E-state index contributed by atoms with van der Waals surface area (Å²) in [6.07, 6.45) is 5.79. The molecule has 0 aliphatic rings. The molecule has 0 bridgehead atoms. The molecule has 0 fully saturated rings. The molecule has 0 amide bonds. The summed E-state index contributed by atoms with van der Waals surface area (Å²) in [6.45, 7) is 7.52. The first-order chi connectivity index (χ1) is 6.74. The number of nitrogens with zero attached hydrogens (tertiary/aromatic N) is 3. The first kappa shape index (κ1) is 11.2. The lowest BCUT2D eigenvalue weighted by Gasteiger charge is -2.17. The molecule has 1 heterocycles. The number of hydrogen-bond acceptors (Lipinski definition) is 3. The third-order valence-electron chi connectivity index (χ3n) is 2.37. The Kier molecular flexibility index (Phi) is 4.59. The molecule has 2 unspecified atom stereocenters. The van der Waals surface area contributed by atoms with E-state index in [1.54, 1.807) is 12.7 Å². The van der Waals surface area contributed by atoms with E-state index >= 15 is 0 Å². The largest absolute Gasteiger partial charge is 0.312 e. The van der Waals surface area contributed by atoms with Crippen LogP contribution in [0, 0.1) is 0 Å². The standard InChI is InChI=1S/C10H20N4/c1-4-5-9(2)12-6-10(3)14-8-11-7-13-14/h7-10,12H,4-6H2,1-3H3. The normalized spacial score (nSPS) is 15.4. The zero-order chi connectivity index (χ0) is 10.4. The van der Waals surface area contributed by atoms with Crippen molar-refractivity contribution in [2.45, 2.75) is 45.7 Å². The monoisotopic (exact) mass is 196 g/mol. The summed E-state index contributed by atoms with van der Waals surface area (Å²) in [7, 11) is 0. The minimum absolute atomic E-state index is 0.372. The fraction of sp³-hybridized carbons (Fsp3) is 0.800. The summed E-state index contributed by atoms with van der Waals surface area (Å²) in [5.74, 6) is 0. The van der Waals surface area contributed by atoms with Gasteiger partial charge >= 0.3 is 0 Å². The fourth-order valence-corrected chi connectivity index (χ4v) is 1.45. The molecule has 0 saturated carbocycles. The van der Waals surface area contributed by atoms with Gasteiger partial charge in [-0.2, -0.15) is 5.10 Å². The van der Waals surface area contributed by atoms with Gasteiger partial charge in [0.25, 0.3) is 0 Å². The third-order valence-corrected chi connectivity index (χ3v) is 2.37. The molecule has 2 atom stereocenters. The van der Waals surface area contributed by atoms with Gasteiger partial charge < -0.3 is 5.32 Å². The highest BCUT2D eigenvalue weighted by Gasteiger charge is 2.06. The molecule has 1 aromatic heterocycles. The van der Waals surface area contributed by atoms with Crippen molar-refractivity contribution in [2.75, 3.05) is 6.54 Å². The highest BCUT2D eigenvalue weighted by atomic mass is 15.3. The van der Waals surface area contributed by atoms with Crippen LogP contribution in [-0.4, -0.2) is 27.4 Å². The van der Waals surface area contributed by atoms with Crippen LogP contribution in [0.5, 0.6) is 0 Å². The maximum atomic E-state index is 4.11. The number of nitrogens with one attached hydrogen (secondary N) is 1. The summed E-state index contributed by atoms with van der Waals surface area (Å²) in [4.78, 5) is 3.93. The van der Waals surface area contributed by atoms with Crippen molar-refractivity contribution in [2.24, 2.45) is 0 Å². The molecule has 80 valence electrons. The van der Waals surface area contributed by atoms with Gasteiger partial charge in [-0.25, -0.2) is 9.67 Å². The predicted octanol–water partition coefficient (Wildman–Crippen LogP) is 1.62. The highest BCUT2D eigenvalue weighted by molar-refractivity contribution is 4.69. The van der Waals surface area contributed by atoms with Crippen molar-refractivity contribution in [3.63, 3.8) is 0 Å². The van der Waals surface area contributed by atoms with Crippen LogP contribution in [0.4, 0.5) is 0 Å². The van der Waals surface area contributed by atoms with Crippen molar-refractivity contribution in [1.82, 2.24) is 20.1 Å². The van der Waals surface area contributed by atoms with Crippen LogP contribution in [-0.2, 0) is 0 Å². The van der Waals surface area contributed by atoms with Crippen molar-refractivity contribution >= 4 is 0 Å². The quantitative estimate of drug-likeness (QED) is 0.751. The van der Waals surface area contributed by atoms with E-state index in [-0.39, 0.29) is 0 Å². The zero-order valence-electron chi connectivity index (χ0n) is 9.27. The molecule has 0 aliphatic carbocycles. The minimum Gasteiger partial charge on any atom is -0.312 e. The van der Waals surface area contributed by atoms with Gasteiger partial charge in [0.05, 0.1) is 6.04 Å². The second-order valence-electron chi connectivity index (χ2n) is 3.82. The topological polar surface area (TPSA) is 42.7 Å². The Morgan fingerprint density at radius 1 is 1.43 bits per heavy atom. The van der Waals surface area contributed by atoms with E-state index in [2.05, 4.69) is 36.2 Å². The third kappa shape index (κ3) is 3.46. The maximum Gasteiger partial charge on any atom is 0.137 e. The van der Waals surface area contributed by atoms with Gasteiger partial charge in [-0.3, -0.25) is 0 Å². The summed E-state index contributed by atoms with van der Waals surface area (Å²) in [5.41, 5.74) is 0. The molecule has 0 aliphatic heterocycles. The van der Waals surface area contributed by atoms with Crippen molar-refractivity contribution in [3.8, 4) is 0 Å². The molecule has 0 saturated heterocycles. The van der Waals surface area contributed by atoms with Gasteiger partial charge in [-0.1, -0.05) is 13.3 Å². The van der Waals surface area contributed by atoms with E-state index in [1.807, 2.05) is 4.68 Å². The highest BCUT2D eigenvalue weighted by Crippen LogP contribution is 2.01. The van der Waals surface area contributed by atoms with E-state index < -0.39 is 0 Å². The van der Waals surface area contributed by atoms with Gasteiger partial charge in [0.2, 0.25) is 0 Å². The van der Waals surface area contributed by atoms with E-state index in [1.165, 1.54) is 12.8 Å². The Bertz CT molecular complexity index is 232. The van der Waals surface area contributed by atoms with Crippen LogP contribution < -0.4 is 5.32 Å². The summed E-state index contributed by atoms with van der Waals surface area (Å²) in [5, 5.41) is 7.59. The lowest BCUT2D eigenvalue weighted by Crippen LogP contribution is -2.31. The minimum atomic E-state index is 0.372. The van der Waals surface area contributed by atoms with Crippen LogP contribution in [0.25, 0.3) is 0 Å². The molecule has 0 radical (unpaired) electrons. The van der Waals surface area contributed by atoms with Crippen LogP contribution in [0.15, 0.2) is 12.7 Å². The van der Waals surface area contributed by atoms with Gasteiger partial charge in [-0.15, -0.1) is 0 Å². The fourth-order valence-electron chi connectivity index (χ4n) is 1.45. The van der Waals surface area contributed by atoms with Gasteiger partial charge in [0.1, 0.15) is 12.7 Å². The van der Waals surface area contributed by atoms with E-state index in [0.717, 1.165) is 6.54 Å². The Balaban J connectivity index is 2.24. The van der Waals surface area contributed by atoms with Crippen molar-refractivity contribution < 1.29 is 0 Å². The molecule has 1 N–H and O–H groups in total. The molecule has 1 aromatic rings. The summed E-state index contributed by atoms with van der Waals surface area (Å²) < 4.78 is 1.88. The molecule has 14 heavy (non-hydrogen) atoms. The second kappa shape index (κ2) is 5.75. The van der Waals surface area contributed by atoms with Crippen LogP contribution in [0.2, 0.25) is 0 Å². The van der Waals surface area contributed by atoms with Gasteiger partial charge in [-0.05, 0) is 20.3 Å². The maximum absolute atomic E-state index is 4.11. The van der Waals surface area contributed by atoms with Crippen molar-refractivity contribution in [1.29, 1.82) is 0 Å². The molecular formula is C10H20N4. The molecule has 0 aromatic carbocycles. The van der Waals surface area contributed by atoms with Crippen LogP contribution >= 0.6 is 0 Å². The van der Waals surface area contributed by atoms with Gasteiger partial charge in [0.15, 0.2) is 0 Å². The van der Waals surface area contributed by atoms with Crippen LogP contribution in [0.1, 0.15) is 39.7 Å². The first-order valence-corrected chi connectivity index (χ1v) is 5.31. The van der Waals surface area contributed by atoms with Crippen molar-refractivity contribution in [3.05, 3.63) is 12.7 Å². The summed E-state index contributed by atoms with van der Waals surface area (Å²) >= 11 is 0. The van der Waals surface area contributed by atoms with Crippen LogP contribution in [0.3, 0.4) is 0 Å². The Labute approximate surface area is 85.7 Å². The molecular weight excluding hydrogens is 176 g/mol. The number of rotatable bonds is 6. The summed E-state index contributed by atoms with van der Waals surface area (Å²) in [6, 6.07) is 0.961. The SMILES string of the molecule is CCCC(C)NCC(C)n1cncn1. The molecule has 0 spiro atoms. The Hall–Kier alpha value is -0.900. The lowest BCUT2D eigenvalue weighted by molar-refractivity contribution is 0.411. The average molecular weight is 196 g/mol. The average Bonchev–Trinajstić information content (AvgIpc) is 2.67. The predicted molar refractivity (Wildman–Crippen MR) is 57.1 cm³/mol. The molecule has 4 nitrogen and oxygen atoms in total. The van der Waals surface area contributed by atoms with E-state index in [4.69, 9.17) is 0 Å². The molecule has 4 heteroatoms. The number of aromatic nitrogens is 3. The Morgan fingerprint density at radius 3 is 2.79 bits per heavy atom. The van der Waals surface area contributed by atoms with E-state index in [9.17, 15) is 0 Å². The van der Waals surface area contributed by atoms with Gasteiger partial charge in [0, 0.05) is 12.6 Å². The zero-order valence-corrected chi connectivity index (χ0v) is 9.27. The molecule has 1 rings (SSSR count). The Morgan fingerprint density at radius 2 is 2.21 bits per heavy atom. The smallest absolute Gasteiger partial charge is 0.137 e. The lowest BCUT2D eigenvalue weighted by atomic mass is 10.2. The first-order valence-electron chi connectivity index (χ1n) is 5.31. The van der Waals surface area contributed by atoms with E-state index in [0.29, 0.717) is 12.1 Å². The second-order valence-corrected chi connectivity index (χ2v) is 3.82.